The summed E-state index contributed by atoms with van der Waals surface area (Å²) >= 11 is 6.02. The second-order valence-electron chi connectivity index (χ2n) is 7.01. The van der Waals surface area contributed by atoms with Crippen LogP contribution in [-0.4, -0.2) is 25.4 Å². The molecule has 0 amide bonds. The van der Waals surface area contributed by atoms with Crippen molar-refractivity contribution in [3.8, 4) is 11.6 Å². The van der Waals surface area contributed by atoms with Gasteiger partial charge in [-0.3, -0.25) is 9.78 Å². The standard InChI is InChI=1S/C21H16ClN5O3/c22-11-4-3-5-12(8-11)27-20(29)18(19(28)24-21(27)30)17-9-16(25-26-17)14-10-23-15-7-2-1-6-13(14)15/h1-8,10,16,23,25,29H,9H2,(H,24,28,30)/t16-/m0/s1. The van der Waals surface area contributed by atoms with E-state index < -0.39 is 17.1 Å². The molecule has 0 aliphatic carbocycles. The monoisotopic (exact) mass is 421 g/mol. The molecule has 1 aliphatic heterocycles. The molecule has 4 aromatic rings. The summed E-state index contributed by atoms with van der Waals surface area (Å²) in [7, 11) is 0. The predicted molar refractivity (Wildman–Crippen MR) is 115 cm³/mol. The van der Waals surface area contributed by atoms with Gasteiger partial charge >= 0.3 is 5.69 Å². The van der Waals surface area contributed by atoms with Crippen molar-refractivity contribution in [3.05, 3.63) is 91.7 Å². The summed E-state index contributed by atoms with van der Waals surface area (Å²) in [5.41, 5.74) is 4.22. The number of nitrogens with one attached hydrogen (secondary N) is 3. The summed E-state index contributed by atoms with van der Waals surface area (Å²) in [6.07, 6.45) is 2.27. The molecular formula is C21H16ClN5O3. The highest BCUT2D eigenvalue weighted by Crippen LogP contribution is 2.31. The van der Waals surface area contributed by atoms with Gasteiger partial charge in [-0.05, 0) is 24.3 Å². The van der Waals surface area contributed by atoms with Gasteiger partial charge in [0.15, 0.2) is 0 Å². The van der Waals surface area contributed by atoms with Gasteiger partial charge in [-0.2, -0.15) is 5.10 Å². The maximum Gasteiger partial charge on any atom is 0.335 e. The van der Waals surface area contributed by atoms with Crippen LogP contribution in [0.4, 0.5) is 0 Å². The molecule has 9 heteroatoms. The Kier molecular flexibility index (Phi) is 4.22. The molecule has 0 fully saturated rings. The van der Waals surface area contributed by atoms with Gasteiger partial charge in [-0.1, -0.05) is 35.9 Å². The molecule has 3 heterocycles. The van der Waals surface area contributed by atoms with E-state index in [0.29, 0.717) is 22.8 Å². The zero-order valence-electron chi connectivity index (χ0n) is 15.5. The van der Waals surface area contributed by atoms with Gasteiger partial charge in [-0.15, -0.1) is 0 Å². The fraction of sp³-hybridized carbons (Fsp3) is 0.0952. The molecule has 2 aromatic heterocycles. The van der Waals surface area contributed by atoms with Crippen LogP contribution >= 0.6 is 11.6 Å². The Balaban J connectivity index is 1.56. The number of nitrogens with zero attached hydrogens (tertiary/aromatic N) is 2. The van der Waals surface area contributed by atoms with Gasteiger partial charge in [0.25, 0.3) is 5.56 Å². The molecule has 4 N–H and O–H groups in total. The minimum absolute atomic E-state index is 0.0515. The van der Waals surface area contributed by atoms with Crippen molar-refractivity contribution in [2.75, 3.05) is 0 Å². The normalized spacial score (nSPS) is 15.9. The molecule has 0 bridgehead atoms. The van der Waals surface area contributed by atoms with E-state index in [1.165, 1.54) is 6.07 Å². The molecule has 30 heavy (non-hydrogen) atoms. The molecule has 0 saturated heterocycles. The molecule has 1 atom stereocenters. The number of hydrogen-bond donors (Lipinski definition) is 4. The first-order valence-corrected chi connectivity index (χ1v) is 9.63. The number of aromatic hydroxyl groups is 1. The summed E-state index contributed by atoms with van der Waals surface area (Å²) < 4.78 is 1.00. The third-order valence-electron chi connectivity index (χ3n) is 5.19. The van der Waals surface area contributed by atoms with E-state index in [9.17, 15) is 14.7 Å². The first-order valence-electron chi connectivity index (χ1n) is 9.25. The highest BCUT2D eigenvalue weighted by molar-refractivity contribution is 6.30. The van der Waals surface area contributed by atoms with E-state index >= 15 is 0 Å². The number of benzene rings is 2. The number of H-pyrrole nitrogens is 2. The summed E-state index contributed by atoms with van der Waals surface area (Å²) in [5, 5.41) is 16.6. The van der Waals surface area contributed by atoms with Crippen LogP contribution in [-0.2, 0) is 0 Å². The van der Waals surface area contributed by atoms with Crippen molar-refractivity contribution >= 4 is 28.2 Å². The fourth-order valence-corrected chi connectivity index (χ4v) is 3.98. The van der Waals surface area contributed by atoms with Crippen LogP contribution in [0.2, 0.25) is 5.02 Å². The van der Waals surface area contributed by atoms with Crippen molar-refractivity contribution in [3.63, 3.8) is 0 Å². The minimum atomic E-state index is -0.761. The van der Waals surface area contributed by atoms with E-state index in [4.69, 9.17) is 11.6 Å². The average Bonchev–Trinajstić information content (AvgIpc) is 3.34. The van der Waals surface area contributed by atoms with E-state index in [1.54, 1.807) is 18.2 Å². The third-order valence-corrected chi connectivity index (χ3v) is 5.43. The van der Waals surface area contributed by atoms with Crippen LogP contribution < -0.4 is 16.7 Å². The highest BCUT2D eigenvalue weighted by Gasteiger charge is 2.28. The van der Waals surface area contributed by atoms with E-state index in [2.05, 4.69) is 20.5 Å². The second kappa shape index (κ2) is 6.93. The largest absolute Gasteiger partial charge is 0.493 e. The Hall–Kier alpha value is -3.78. The number of aromatic nitrogens is 3. The highest BCUT2D eigenvalue weighted by atomic mass is 35.5. The van der Waals surface area contributed by atoms with E-state index in [1.807, 2.05) is 30.5 Å². The molecule has 0 spiro atoms. The molecule has 0 unspecified atom stereocenters. The van der Waals surface area contributed by atoms with Crippen LogP contribution in [0.5, 0.6) is 5.88 Å². The molecule has 0 saturated carbocycles. The Bertz CT molecular complexity index is 1430. The molecule has 5 rings (SSSR count). The molecule has 8 nitrogen and oxygen atoms in total. The number of para-hydroxylation sites is 1. The lowest BCUT2D eigenvalue weighted by molar-refractivity contribution is 0.429. The molecule has 0 radical (unpaired) electrons. The van der Waals surface area contributed by atoms with Gasteiger partial charge in [0.05, 0.1) is 17.4 Å². The van der Waals surface area contributed by atoms with Gasteiger partial charge in [0, 0.05) is 34.1 Å². The maximum absolute atomic E-state index is 12.5. The van der Waals surface area contributed by atoms with Gasteiger partial charge in [0.1, 0.15) is 5.56 Å². The summed E-state index contributed by atoms with van der Waals surface area (Å²) in [6.45, 7) is 0. The zero-order chi connectivity index (χ0) is 20.8. The quantitative estimate of drug-likeness (QED) is 0.407. The first-order chi connectivity index (χ1) is 14.5. The van der Waals surface area contributed by atoms with Crippen molar-refractivity contribution in [1.82, 2.24) is 20.0 Å². The predicted octanol–water partition coefficient (Wildman–Crippen LogP) is 2.80. The molecular weight excluding hydrogens is 406 g/mol. The topological polar surface area (TPSA) is 115 Å². The number of halogens is 1. The average molecular weight is 422 g/mol. The van der Waals surface area contributed by atoms with Crippen molar-refractivity contribution in [1.29, 1.82) is 0 Å². The molecule has 2 aromatic carbocycles. The Morgan fingerprint density at radius 3 is 2.80 bits per heavy atom. The number of hydrazone groups is 1. The maximum atomic E-state index is 12.5. The van der Waals surface area contributed by atoms with Gasteiger partial charge in [-0.25, -0.2) is 9.36 Å². The van der Waals surface area contributed by atoms with Gasteiger partial charge < -0.3 is 15.5 Å². The SMILES string of the molecule is O=c1[nH]c(=O)n(-c2cccc(Cl)c2)c(O)c1C1=NN[C@H](c2c[nH]c3ccccc23)C1. The third kappa shape index (κ3) is 2.89. The smallest absolute Gasteiger partial charge is 0.335 e. The minimum Gasteiger partial charge on any atom is -0.493 e. The van der Waals surface area contributed by atoms with Gasteiger partial charge in [0.2, 0.25) is 5.88 Å². The number of hydrogen-bond acceptors (Lipinski definition) is 5. The number of rotatable bonds is 3. The lowest BCUT2D eigenvalue weighted by Gasteiger charge is -2.12. The van der Waals surface area contributed by atoms with E-state index in [-0.39, 0.29) is 11.6 Å². The molecule has 150 valence electrons. The first kappa shape index (κ1) is 18.3. The van der Waals surface area contributed by atoms with Crippen LogP contribution in [0.25, 0.3) is 16.6 Å². The Labute approximate surface area is 174 Å². The summed E-state index contributed by atoms with van der Waals surface area (Å²) in [5.74, 6) is -0.480. The lowest BCUT2D eigenvalue weighted by Crippen LogP contribution is -2.33. The van der Waals surface area contributed by atoms with Crippen molar-refractivity contribution in [2.45, 2.75) is 12.5 Å². The van der Waals surface area contributed by atoms with E-state index in [0.717, 1.165) is 21.0 Å². The van der Waals surface area contributed by atoms with Crippen LogP contribution in [0.15, 0.2) is 69.4 Å². The molecule has 1 aliphatic rings. The number of fused-ring (bicyclic) bond motifs is 1. The van der Waals surface area contributed by atoms with Crippen molar-refractivity contribution < 1.29 is 5.11 Å². The lowest BCUT2D eigenvalue weighted by atomic mass is 9.99. The Morgan fingerprint density at radius 2 is 1.97 bits per heavy atom. The van der Waals surface area contributed by atoms with Crippen LogP contribution in [0.3, 0.4) is 0 Å². The van der Waals surface area contributed by atoms with Crippen LogP contribution in [0.1, 0.15) is 23.6 Å². The summed E-state index contributed by atoms with van der Waals surface area (Å²) in [6, 6.07) is 14.1. The van der Waals surface area contributed by atoms with Crippen LogP contribution in [0, 0.1) is 0 Å². The Morgan fingerprint density at radius 1 is 1.13 bits per heavy atom. The second-order valence-corrected chi connectivity index (χ2v) is 7.44. The summed E-state index contributed by atoms with van der Waals surface area (Å²) in [4.78, 5) is 30.4. The zero-order valence-corrected chi connectivity index (χ0v) is 16.3. The van der Waals surface area contributed by atoms with Crippen molar-refractivity contribution in [2.24, 2.45) is 5.10 Å². The number of aromatic amines is 2. The fourth-order valence-electron chi connectivity index (χ4n) is 3.80.